The molecule has 0 bridgehead atoms. The third-order valence-electron chi connectivity index (χ3n) is 13.8. The van der Waals surface area contributed by atoms with Crippen LogP contribution >= 0.6 is 0 Å². The van der Waals surface area contributed by atoms with E-state index in [9.17, 15) is 14.4 Å². The van der Waals surface area contributed by atoms with Gasteiger partial charge in [0.15, 0.2) is 6.10 Å². The van der Waals surface area contributed by atoms with E-state index in [1.54, 1.807) is 0 Å². The SMILES string of the molecule is CC/C=C\C/C=C\C/C=C\CCCCCC(=O)OC(COC(=O)CCCCCCCCCCCC)COC(=O)CCCCCCCCCCCCCCCCCCCCC/C=C\C/C=C\CCCCCCC. The van der Waals surface area contributed by atoms with Crippen molar-refractivity contribution in [1.82, 2.24) is 0 Å². The van der Waals surface area contributed by atoms with Crippen molar-refractivity contribution >= 4 is 17.9 Å². The van der Waals surface area contributed by atoms with Crippen LogP contribution in [-0.4, -0.2) is 37.2 Å². The maximum Gasteiger partial charge on any atom is 0.306 e. The lowest BCUT2D eigenvalue weighted by molar-refractivity contribution is -0.167. The van der Waals surface area contributed by atoms with E-state index in [1.807, 2.05) is 0 Å². The highest BCUT2D eigenvalue weighted by atomic mass is 16.6. The second kappa shape index (κ2) is 60.7. The first-order valence-electron chi connectivity index (χ1n) is 31.3. The maximum absolute atomic E-state index is 12.8. The molecule has 0 saturated heterocycles. The van der Waals surface area contributed by atoms with Crippen LogP contribution in [0.25, 0.3) is 0 Å². The average Bonchev–Trinajstić information content (AvgIpc) is 3.38. The van der Waals surface area contributed by atoms with Gasteiger partial charge in [-0.1, -0.05) is 281 Å². The highest BCUT2D eigenvalue weighted by molar-refractivity contribution is 5.71. The Morgan fingerprint density at radius 2 is 0.542 bits per heavy atom. The second-order valence-corrected chi connectivity index (χ2v) is 20.9. The molecule has 6 nitrogen and oxygen atoms in total. The fraction of sp³-hybridized carbons (Fsp3) is 0.803. The summed E-state index contributed by atoms with van der Waals surface area (Å²) in [4.78, 5) is 38.1. The highest BCUT2D eigenvalue weighted by Crippen LogP contribution is 2.17. The van der Waals surface area contributed by atoms with E-state index in [4.69, 9.17) is 14.2 Å². The molecule has 0 aliphatic rings. The van der Waals surface area contributed by atoms with Crippen molar-refractivity contribution in [1.29, 1.82) is 0 Å². The minimum absolute atomic E-state index is 0.0823. The number of allylic oxidation sites excluding steroid dienone is 10. The summed E-state index contributed by atoms with van der Waals surface area (Å²) < 4.78 is 16.8. The number of rotatable bonds is 57. The van der Waals surface area contributed by atoms with Crippen LogP contribution in [-0.2, 0) is 28.6 Å². The molecule has 72 heavy (non-hydrogen) atoms. The van der Waals surface area contributed by atoms with Gasteiger partial charge in [-0.3, -0.25) is 14.4 Å². The summed E-state index contributed by atoms with van der Waals surface area (Å²) in [6.45, 7) is 6.51. The quantitative estimate of drug-likeness (QED) is 0.0261. The smallest absolute Gasteiger partial charge is 0.306 e. The fourth-order valence-corrected chi connectivity index (χ4v) is 9.08. The normalized spacial score (nSPS) is 12.4. The molecule has 0 aromatic carbocycles. The van der Waals surface area contributed by atoms with E-state index in [-0.39, 0.29) is 31.1 Å². The Balaban J connectivity index is 4.07. The zero-order valence-corrected chi connectivity index (χ0v) is 47.9. The van der Waals surface area contributed by atoms with Gasteiger partial charge >= 0.3 is 17.9 Å². The van der Waals surface area contributed by atoms with Gasteiger partial charge in [0.1, 0.15) is 13.2 Å². The van der Waals surface area contributed by atoms with Crippen molar-refractivity contribution in [2.24, 2.45) is 0 Å². The molecule has 1 atom stereocenters. The number of esters is 3. The van der Waals surface area contributed by atoms with E-state index in [0.29, 0.717) is 19.3 Å². The molecule has 0 N–H and O–H groups in total. The van der Waals surface area contributed by atoms with Crippen LogP contribution in [0.4, 0.5) is 0 Å². The molecule has 418 valence electrons. The lowest BCUT2D eigenvalue weighted by Gasteiger charge is -2.18. The molecule has 6 heteroatoms. The largest absolute Gasteiger partial charge is 0.462 e. The fourth-order valence-electron chi connectivity index (χ4n) is 9.08. The van der Waals surface area contributed by atoms with Crippen molar-refractivity contribution in [3.63, 3.8) is 0 Å². The number of ether oxygens (including phenoxy) is 3. The second-order valence-electron chi connectivity index (χ2n) is 20.9. The Morgan fingerprint density at radius 3 is 0.861 bits per heavy atom. The zero-order chi connectivity index (χ0) is 52.2. The Labute approximate surface area is 447 Å². The summed E-state index contributed by atoms with van der Waals surface area (Å²) in [5.41, 5.74) is 0. The molecule has 0 rings (SSSR count). The van der Waals surface area contributed by atoms with Crippen LogP contribution in [0.2, 0.25) is 0 Å². The molecule has 0 aromatic heterocycles. The average molecular weight is 1010 g/mol. The third-order valence-corrected chi connectivity index (χ3v) is 13.8. The molecule has 0 aliphatic carbocycles. The first-order valence-corrected chi connectivity index (χ1v) is 31.3. The van der Waals surface area contributed by atoms with Crippen LogP contribution in [0.5, 0.6) is 0 Å². The molecular weight excluding hydrogens is 889 g/mol. The van der Waals surface area contributed by atoms with Crippen molar-refractivity contribution in [3.8, 4) is 0 Å². The summed E-state index contributed by atoms with van der Waals surface area (Å²) in [6, 6.07) is 0. The predicted molar refractivity (Wildman–Crippen MR) is 312 cm³/mol. The van der Waals surface area contributed by atoms with Crippen LogP contribution < -0.4 is 0 Å². The van der Waals surface area contributed by atoms with Gasteiger partial charge in [0, 0.05) is 19.3 Å². The minimum Gasteiger partial charge on any atom is -0.462 e. The molecule has 0 radical (unpaired) electrons. The van der Waals surface area contributed by atoms with Gasteiger partial charge in [0.25, 0.3) is 0 Å². The lowest BCUT2D eigenvalue weighted by Crippen LogP contribution is -2.30. The Morgan fingerprint density at radius 1 is 0.292 bits per heavy atom. The standard InChI is InChI=1S/C66H118O6/c1-4-7-10-13-16-19-22-24-25-26-27-28-29-30-31-32-33-34-35-36-37-38-39-40-41-43-44-47-50-53-56-59-65(68)71-62-63(61-70-64(67)58-55-52-49-46-21-18-15-12-9-6-3)72-66(69)60-57-54-51-48-45-42-23-20-17-14-11-8-5-2/h8,11,17,20,22,24,26-27,42,45,63H,4-7,9-10,12-16,18-19,21,23,25,28-41,43-44,46-62H2,1-3H3/b11-8-,20-17-,24-22-,27-26-,45-42-. The Kier molecular flexibility index (Phi) is 58.2. The predicted octanol–water partition coefficient (Wildman–Crippen LogP) is 21.2. The summed E-state index contributed by atoms with van der Waals surface area (Å²) in [7, 11) is 0. The van der Waals surface area contributed by atoms with Crippen molar-refractivity contribution in [3.05, 3.63) is 60.8 Å². The van der Waals surface area contributed by atoms with Crippen molar-refractivity contribution in [2.75, 3.05) is 13.2 Å². The van der Waals surface area contributed by atoms with Crippen LogP contribution in [0, 0.1) is 0 Å². The van der Waals surface area contributed by atoms with Gasteiger partial charge < -0.3 is 14.2 Å². The molecule has 0 aliphatic heterocycles. The number of hydrogen-bond acceptors (Lipinski definition) is 6. The number of unbranched alkanes of at least 4 members (excludes halogenated alkanes) is 36. The molecule has 0 saturated carbocycles. The maximum atomic E-state index is 12.8. The monoisotopic (exact) mass is 1010 g/mol. The number of hydrogen-bond donors (Lipinski definition) is 0. The van der Waals surface area contributed by atoms with E-state index in [0.717, 1.165) is 89.9 Å². The third kappa shape index (κ3) is 58.0. The number of carbonyl (C=O) groups excluding carboxylic acids is 3. The van der Waals surface area contributed by atoms with E-state index >= 15 is 0 Å². The summed E-state index contributed by atoms with van der Waals surface area (Å²) in [6.07, 6.45) is 76.9. The van der Waals surface area contributed by atoms with Gasteiger partial charge in [0.05, 0.1) is 0 Å². The van der Waals surface area contributed by atoms with Gasteiger partial charge in [-0.05, 0) is 83.5 Å². The molecule has 0 aromatic rings. The van der Waals surface area contributed by atoms with Gasteiger partial charge in [-0.2, -0.15) is 0 Å². The van der Waals surface area contributed by atoms with Gasteiger partial charge in [-0.25, -0.2) is 0 Å². The topological polar surface area (TPSA) is 78.9 Å². The molecular formula is C66H118O6. The zero-order valence-electron chi connectivity index (χ0n) is 47.9. The highest BCUT2D eigenvalue weighted by Gasteiger charge is 2.19. The first kappa shape index (κ1) is 69.1. The Bertz CT molecular complexity index is 1290. The van der Waals surface area contributed by atoms with E-state index in [1.165, 1.54) is 193 Å². The summed E-state index contributed by atoms with van der Waals surface area (Å²) >= 11 is 0. The van der Waals surface area contributed by atoms with E-state index in [2.05, 4.69) is 81.5 Å². The number of carbonyl (C=O) groups is 3. The summed E-state index contributed by atoms with van der Waals surface area (Å²) in [5, 5.41) is 0. The van der Waals surface area contributed by atoms with Crippen LogP contribution in [0.15, 0.2) is 60.8 Å². The minimum atomic E-state index is -0.785. The van der Waals surface area contributed by atoms with E-state index < -0.39 is 6.10 Å². The molecule has 0 fully saturated rings. The molecule has 1 unspecified atom stereocenters. The van der Waals surface area contributed by atoms with Crippen molar-refractivity contribution < 1.29 is 28.6 Å². The summed E-state index contributed by atoms with van der Waals surface area (Å²) in [5.74, 6) is -0.900. The van der Waals surface area contributed by atoms with Crippen LogP contribution in [0.3, 0.4) is 0 Å². The van der Waals surface area contributed by atoms with Crippen LogP contribution in [0.1, 0.15) is 323 Å². The lowest BCUT2D eigenvalue weighted by atomic mass is 10.0. The Hall–Kier alpha value is -2.89. The van der Waals surface area contributed by atoms with Gasteiger partial charge in [0.2, 0.25) is 0 Å². The molecule has 0 spiro atoms. The van der Waals surface area contributed by atoms with Gasteiger partial charge in [-0.15, -0.1) is 0 Å². The molecule has 0 heterocycles. The first-order chi connectivity index (χ1) is 35.5. The van der Waals surface area contributed by atoms with Crippen molar-refractivity contribution in [2.45, 2.75) is 329 Å². The molecule has 0 amide bonds.